The summed E-state index contributed by atoms with van der Waals surface area (Å²) in [7, 11) is 0. The molecular formula is C13H24N4O6. The summed E-state index contributed by atoms with van der Waals surface area (Å²) < 4.78 is 0. The van der Waals surface area contributed by atoms with E-state index < -0.39 is 54.8 Å². The average molecular weight is 332 g/mol. The Morgan fingerprint density at radius 3 is 2.09 bits per heavy atom. The molecule has 23 heavy (non-hydrogen) atoms. The highest BCUT2D eigenvalue weighted by Gasteiger charge is 2.31. The van der Waals surface area contributed by atoms with E-state index in [2.05, 4.69) is 10.6 Å². The summed E-state index contributed by atoms with van der Waals surface area (Å²) in [5.41, 5.74) is 10.3. The Labute approximate surface area is 133 Å². The maximum absolute atomic E-state index is 12.2. The fraction of sp³-hybridized carbons (Fsp3) is 0.692. The Morgan fingerprint density at radius 1 is 1.13 bits per heavy atom. The lowest BCUT2D eigenvalue weighted by atomic mass is 9.98. The van der Waals surface area contributed by atoms with E-state index in [1.807, 2.05) is 0 Å². The first-order valence-electron chi connectivity index (χ1n) is 7.12. The number of aliphatic carboxylic acids is 1. The summed E-state index contributed by atoms with van der Waals surface area (Å²) in [5.74, 6) is -4.18. The molecule has 10 heteroatoms. The van der Waals surface area contributed by atoms with E-state index in [-0.39, 0.29) is 5.92 Å². The maximum Gasteiger partial charge on any atom is 0.326 e. The molecule has 0 rings (SSSR count). The van der Waals surface area contributed by atoms with Crippen LogP contribution in [-0.4, -0.2) is 58.6 Å². The lowest BCUT2D eigenvalue weighted by Crippen LogP contribution is -2.56. The molecule has 0 spiro atoms. The largest absolute Gasteiger partial charge is 0.480 e. The molecule has 0 aliphatic heterocycles. The zero-order valence-electron chi connectivity index (χ0n) is 13.1. The van der Waals surface area contributed by atoms with E-state index >= 15 is 0 Å². The number of aliphatic hydroxyl groups excluding tert-OH is 1. The molecule has 132 valence electrons. The normalized spacial score (nSPS) is 15.8. The molecule has 0 heterocycles. The van der Waals surface area contributed by atoms with Crippen molar-refractivity contribution in [2.45, 2.75) is 44.8 Å². The second-order valence-corrected chi connectivity index (χ2v) is 5.23. The summed E-state index contributed by atoms with van der Waals surface area (Å²) in [5, 5.41) is 22.4. The van der Waals surface area contributed by atoms with Crippen molar-refractivity contribution < 1.29 is 29.4 Å². The molecule has 4 atom stereocenters. The minimum atomic E-state index is -1.37. The smallest absolute Gasteiger partial charge is 0.326 e. The van der Waals surface area contributed by atoms with Crippen LogP contribution < -0.4 is 22.1 Å². The summed E-state index contributed by atoms with van der Waals surface area (Å²) in [4.78, 5) is 46.0. The van der Waals surface area contributed by atoms with Crippen LogP contribution in [0.2, 0.25) is 0 Å². The zero-order chi connectivity index (χ0) is 18.2. The van der Waals surface area contributed by atoms with Gasteiger partial charge in [-0.05, 0) is 5.92 Å². The molecule has 0 unspecified atom stereocenters. The zero-order valence-corrected chi connectivity index (χ0v) is 13.1. The number of amides is 3. The van der Waals surface area contributed by atoms with Gasteiger partial charge in [-0.2, -0.15) is 0 Å². The standard InChI is InChI=1S/C13H24N4O6/c1-3-6(2)10(13(22)23)17-12(21)8(4-9(15)19)16-11(20)7(14)5-18/h6-8,10,18H,3-5,14H2,1-2H3,(H2,15,19)(H,16,20)(H,17,21)(H,22,23)/t6-,7-,8-,10-/m0/s1. The summed E-state index contributed by atoms with van der Waals surface area (Å²) in [6.45, 7) is 2.75. The van der Waals surface area contributed by atoms with Gasteiger partial charge in [-0.3, -0.25) is 14.4 Å². The number of nitrogens with two attached hydrogens (primary N) is 2. The van der Waals surface area contributed by atoms with Crippen molar-refractivity contribution in [1.82, 2.24) is 10.6 Å². The quantitative estimate of drug-likeness (QED) is 0.251. The van der Waals surface area contributed by atoms with Crippen molar-refractivity contribution in [1.29, 1.82) is 0 Å². The number of carbonyl (C=O) groups excluding carboxylic acids is 3. The van der Waals surface area contributed by atoms with Gasteiger partial charge in [0.25, 0.3) is 0 Å². The third-order valence-electron chi connectivity index (χ3n) is 3.35. The number of primary amides is 1. The Morgan fingerprint density at radius 2 is 1.70 bits per heavy atom. The third kappa shape index (κ3) is 7.06. The van der Waals surface area contributed by atoms with Gasteiger partial charge in [0.1, 0.15) is 18.1 Å². The number of carboxylic acids is 1. The molecule has 0 aliphatic rings. The van der Waals surface area contributed by atoms with Crippen molar-refractivity contribution in [2.75, 3.05) is 6.61 Å². The van der Waals surface area contributed by atoms with Gasteiger partial charge in [-0.25, -0.2) is 4.79 Å². The van der Waals surface area contributed by atoms with Gasteiger partial charge in [0.15, 0.2) is 0 Å². The number of nitrogens with one attached hydrogen (secondary N) is 2. The molecule has 0 radical (unpaired) electrons. The molecular weight excluding hydrogens is 308 g/mol. The van der Waals surface area contributed by atoms with E-state index in [0.717, 1.165) is 0 Å². The number of aliphatic hydroxyl groups is 1. The fourth-order valence-corrected chi connectivity index (χ4v) is 1.71. The summed E-state index contributed by atoms with van der Waals surface area (Å²) in [6.07, 6.45) is -0.0257. The molecule has 0 fully saturated rings. The SMILES string of the molecule is CC[C@H](C)[C@H](NC(=O)[C@H](CC(N)=O)NC(=O)[C@@H](N)CO)C(=O)O. The van der Waals surface area contributed by atoms with Gasteiger partial charge >= 0.3 is 5.97 Å². The highest BCUT2D eigenvalue weighted by molar-refractivity contribution is 5.94. The molecule has 3 amide bonds. The van der Waals surface area contributed by atoms with Gasteiger partial charge in [-0.1, -0.05) is 20.3 Å². The van der Waals surface area contributed by atoms with Gasteiger partial charge in [0, 0.05) is 0 Å². The fourth-order valence-electron chi connectivity index (χ4n) is 1.71. The molecule has 0 aromatic carbocycles. The number of carboxylic acid groups (broad SMARTS) is 1. The first-order chi connectivity index (χ1) is 10.6. The van der Waals surface area contributed by atoms with Gasteiger partial charge < -0.3 is 32.3 Å². The van der Waals surface area contributed by atoms with E-state index in [0.29, 0.717) is 6.42 Å². The lowest BCUT2D eigenvalue weighted by molar-refractivity contribution is -0.143. The predicted molar refractivity (Wildman–Crippen MR) is 79.8 cm³/mol. The molecule has 0 saturated carbocycles. The van der Waals surface area contributed by atoms with Crippen molar-refractivity contribution in [2.24, 2.45) is 17.4 Å². The Bertz CT molecular complexity index is 456. The molecule has 0 aromatic rings. The van der Waals surface area contributed by atoms with E-state index in [9.17, 15) is 19.2 Å². The van der Waals surface area contributed by atoms with Crippen molar-refractivity contribution >= 4 is 23.7 Å². The van der Waals surface area contributed by atoms with Gasteiger partial charge in [0.2, 0.25) is 17.7 Å². The van der Waals surface area contributed by atoms with E-state index in [4.69, 9.17) is 21.7 Å². The van der Waals surface area contributed by atoms with E-state index in [1.165, 1.54) is 0 Å². The monoisotopic (exact) mass is 332 g/mol. The van der Waals surface area contributed by atoms with Crippen LogP contribution in [0.4, 0.5) is 0 Å². The summed E-state index contributed by atoms with van der Waals surface area (Å²) >= 11 is 0. The first kappa shape index (κ1) is 20.8. The lowest BCUT2D eigenvalue weighted by Gasteiger charge is -2.24. The van der Waals surface area contributed by atoms with Crippen molar-refractivity contribution in [3.05, 3.63) is 0 Å². The van der Waals surface area contributed by atoms with E-state index in [1.54, 1.807) is 13.8 Å². The topological polar surface area (TPSA) is 185 Å². The molecule has 0 saturated heterocycles. The number of hydrogen-bond donors (Lipinski definition) is 6. The minimum Gasteiger partial charge on any atom is -0.480 e. The second kappa shape index (κ2) is 9.74. The van der Waals surface area contributed by atoms with Crippen LogP contribution in [0.5, 0.6) is 0 Å². The van der Waals surface area contributed by atoms with Crippen LogP contribution >= 0.6 is 0 Å². The highest BCUT2D eigenvalue weighted by atomic mass is 16.4. The number of hydrogen-bond acceptors (Lipinski definition) is 6. The highest BCUT2D eigenvalue weighted by Crippen LogP contribution is 2.08. The Hall–Kier alpha value is -2.20. The van der Waals surface area contributed by atoms with Crippen molar-refractivity contribution in [3.63, 3.8) is 0 Å². The Balaban J connectivity index is 5.08. The summed E-state index contributed by atoms with van der Waals surface area (Å²) in [6, 6.07) is -3.82. The minimum absolute atomic E-state index is 0.360. The maximum atomic E-state index is 12.2. The van der Waals surface area contributed by atoms with Crippen LogP contribution in [0.1, 0.15) is 26.7 Å². The number of rotatable bonds is 10. The Kier molecular flexibility index (Phi) is 8.81. The molecule has 10 nitrogen and oxygen atoms in total. The first-order valence-corrected chi connectivity index (χ1v) is 7.12. The molecule has 0 aliphatic carbocycles. The third-order valence-corrected chi connectivity index (χ3v) is 3.35. The predicted octanol–water partition coefficient (Wildman–Crippen LogP) is -2.72. The van der Waals surface area contributed by atoms with Crippen LogP contribution in [0.25, 0.3) is 0 Å². The molecule has 8 N–H and O–H groups in total. The number of carbonyl (C=O) groups is 4. The second-order valence-electron chi connectivity index (χ2n) is 5.23. The molecule has 0 bridgehead atoms. The van der Waals surface area contributed by atoms with Crippen LogP contribution in [0.15, 0.2) is 0 Å². The average Bonchev–Trinajstić information content (AvgIpc) is 2.48. The van der Waals surface area contributed by atoms with Crippen LogP contribution in [-0.2, 0) is 19.2 Å². The van der Waals surface area contributed by atoms with Gasteiger partial charge in [-0.15, -0.1) is 0 Å². The van der Waals surface area contributed by atoms with Crippen LogP contribution in [0, 0.1) is 5.92 Å². The van der Waals surface area contributed by atoms with Crippen LogP contribution in [0.3, 0.4) is 0 Å². The van der Waals surface area contributed by atoms with Gasteiger partial charge in [0.05, 0.1) is 13.0 Å². The van der Waals surface area contributed by atoms with Crippen molar-refractivity contribution in [3.8, 4) is 0 Å². The molecule has 0 aromatic heterocycles.